The minimum absolute atomic E-state index is 0.250. The van der Waals surface area contributed by atoms with Crippen LogP contribution in [0.15, 0.2) is 0 Å². The van der Waals surface area contributed by atoms with Crippen molar-refractivity contribution in [2.24, 2.45) is 0 Å². The van der Waals surface area contributed by atoms with Gasteiger partial charge >= 0.3 is 20.4 Å². The van der Waals surface area contributed by atoms with Gasteiger partial charge in [-0.3, -0.25) is 0 Å². The molecule has 0 saturated heterocycles. The van der Waals surface area contributed by atoms with Gasteiger partial charge in [0.1, 0.15) is 0 Å². The number of rotatable bonds is 1. The fourth-order valence-electron chi connectivity index (χ4n) is 0. The molecule has 0 aromatic rings. The Morgan fingerprint density at radius 2 is 1.62 bits per heavy atom. The summed E-state index contributed by atoms with van der Waals surface area (Å²) < 4.78 is 1.02. The molecule has 0 heterocycles. The van der Waals surface area contributed by atoms with Crippen LogP contribution in [0.1, 0.15) is 20.8 Å². The molecule has 2 heteroatoms. The van der Waals surface area contributed by atoms with Gasteiger partial charge in [-0.25, -0.2) is 0 Å². The lowest BCUT2D eigenvalue weighted by Crippen LogP contribution is -1.83. The maximum absolute atomic E-state index is 7.57. The first-order valence-corrected chi connectivity index (χ1v) is 5.52. The van der Waals surface area contributed by atoms with Crippen molar-refractivity contribution >= 4 is 20.4 Å². The molecule has 8 heavy (non-hydrogen) atoms. The average molecular weight is 128 g/mol. The van der Waals surface area contributed by atoms with E-state index in [9.17, 15) is 0 Å². The van der Waals surface area contributed by atoms with Crippen LogP contribution in [0.2, 0.25) is 9.10 Å². The molecule has 0 rings (SSSR count). The van der Waals surface area contributed by atoms with E-state index in [1.54, 1.807) is 6.92 Å². The standard InChI is InChI=1S/C3H7.C2H6O.CH3.Mg/c1-3-2;1-2-3;;/h3H,1-2H3;3H,2H2,1H3;1H3;. The maximum atomic E-state index is 7.57. The van der Waals surface area contributed by atoms with Crippen molar-refractivity contribution in [3.63, 3.8) is 0 Å². The third kappa shape index (κ3) is 29.7. The normalized spacial score (nSPS) is 7.25. The van der Waals surface area contributed by atoms with Gasteiger partial charge in [0.05, 0.1) is 0 Å². The lowest BCUT2D eigenvalue weighted by atomic mass is 10.6. The van der Waals surface area contributed by atoms with Crippen LogP contribution in [0, 0.1) is 0 Å². The fraction of sp³-hybridized carbons (Fsp3) is 1.00. The molecule has 0 amide bonds. The van der Waals surface area contributed by atoms with Crippen LogP contribution >= 0.6 is 0 Å². The van der Waals surface area contributed by atoms with Gasteiger partial charge in [0, 0.05) is 6.61 Å². The Labute approximate surface area is 62.2 Å². The van der Waals surface area contributed by atoms with E-state index in [4.69, 9.17) is 5.11 Å². The highest BCUT2D eigenvalue weighted by molar-refractivity contribution is 6.35. The zero-order valence-electron chi connectivity index (χ0n) is 6.44. The van der Waals surface area contributed by atoms with Gasteiger partial charge in [0.15, 0.2) is 0 Å². The first-order chi connectivity index (χ1) is 3.68. The highest BCUT2D eigenvalue weighted by Crippen LogP contribution is 1.92. The summed E-state index contributed by atoms with van der Waals surface area (Å²) in [6.45, 7) is 6.50. The largest absolute Gasteiger partial charge is 0.397 e. The van der Waals surface area contributed by atoms with Crippen LogP contribution in [-0.4, -0.2) is 32.1 Å². The molecule has 1 N–H and O–H groups in total. The predicted molar refractivity (Wildman–Crippen MR) is 39.5 cm³/mol. The third-order valence-corrected chi connectivity index (χ3v) is 2.45. The van der Waals surface area contributed by atoms with Gasteiger partial charge in [-0.15, -0.1) is 4.05 Å². The summed E-state index contributed by atoms with van der Waals surface area (Å²) in [6, 6.07) is 0. The van der Waals surface area contributed by atoms with Gasteiger partial charge in [0.25, 0.3) is 0 Å². The molecule has 0 bridgehead atoms. The quantitative estimate of drug-likeness (QED) is 0.532. The van der Waals surface area contributed by atoms with Crippen LogP contribution in [0.3, 0.4) is 0 Å². The summed E-state index contributed by atoms with van der Waals surface area (Å²) in [7, 11) is 0. The number of hydrogen-bond donors (Lipinski definition) is 1. The minimum Gasteiger partial charge on any atom is -0.397 e. The van der Waals surface area contributed by atoms with Crippen LogP contribution in [0.25, 0.3) is 0 Å². The highest BCUT2D eigenvalue weighted by Gasteiger charge is 1.87. The van der Waals surface area contributed by atoms with Crippen molar-refractivity contribution in [1.82, 2.24) is 0 Å². The van der Waals surface area contributed by atoms with E-state index in [2.05, 4.69) is 18.9 Å². The first-order valence-electron chi connectivity index (χ1n) is 3.29. The zero-order chi connectivity index (χ0) is 6.99. The molecule has 0 atom stereocenters. The van der Waals surface area contributed by atoms with Crippen molar-refractivity contribution in [3.8, 4) is 0 Å². The van der Waals surface area contributed by atoms with Crippen LogP contribution in [-0.2, 0) is 0 Å². The Morgan fingerprint density at radius 3 is 1.62 bits per heavy atom. The molecule has 0 radical (unpaired) electrons. The number of hydrogen-bond acceptors (Lipinski definition) is 1. The molecule has 0 aromatic heterocycles. The van der Waals surface area contributed by atoms with Gasteiger partial charge in [-0.1, -0.05) is 13.8 Å². The lowest BCUT2D eigenvalue weighted by molar-refractivity contribution is 0.318. The predicted octanol–water partition coefficient (Wildman–Crippen LogP) is 1.57. The van der Waals surface area contributed by atoms with Gasteiger partial charge < -0.3 is 5.11 Å². The Morgan fingerprint density at radius 1 is 1.50 bits per heavy atom. The summed E-state index contributed by atoms with van der Waals surface area (Å²) >= 11 is 0.349. The fourth-order valence-corrected chi connectivity index (χ4v) is 0. The molecular weight excluding hydrogens is 112 g/mol. The molecule has 0 aliphatic rings. The second-order valence-corrected chi connectivity index (χ2v) is 4.57. The number of aliphatic hydroxyl groups is 1. The average Bonchev–Trinajstić information content (AvgIpc) is 1.69. The summed E-state index contributed by atoms with van der Waals surface area (Å²) in [5, 5.41) is 9.91. The SMILES string of the molecule is CCO.[CH3][Mg][CH](C)C. The van der Waals surface area contributed by atoms with Crippen molar-refractivity contribution < 1.29 is 5.11 Å². The topological polar surface area (TPSA) is 20.2 Å². The highest BCUT2D eigenvalue weighted by atomic mass is 24.5. The molecule has 0 fully saturated rings. The zero-order valence-corrected chi connectivity index (χ0v) is 7.85. The second kappa shape index (κ2) is 10.7. The van der Waals surface area contributed by atoms with Gasteiger partial charge in [0.2, 0.25) is 0 Å². The molecule has 0 unspecified atom stereocenters. The van der Waals surface area contributed by atoms with E-state index in [-0.39, 0.29) is 6.61 Å². The van der Waals surface area contributed by atoms with Crippen molar-refractivity contribution in [2.45, 2.75) is 29.9 Å². The minimum atomic E-state index is 0.250. The molecule has 0 aliphatic heterocycles. The number of aliphatic hydroxyl groups excluding tert-OH is 1. The van der Waals surface area contributed by atoms with E-state index in [1.807, 2.05) is 0 Å². The lowest BCUT2D eigenvalue weighted by Gasteiger charge is -1.87. The monoisotopic (exact) mass is 128 g/mol. The second-order valence-electron chi connectivity index (χ2n) is 2.12. The van der Waals surface area contributed by atoms with Crippen molar-refractivity contribution in [3.05, 3.63) is 0 Å². The van der Waals surface area contributed by atoms with E-state index in [1.165, 1.54) is 0 Å². The Balaban J connectivity index is 0. The van der Waals surface area contributed by atoms with Crippen molar-refractivity contribution in [2.75, 3.05) is 6.61 Å². The van der Waals surface area contributed by atoms with E-state index in [0.717, 1.165) is 4.05 Å². The van der Waals surface area contributed by atoms with Gasteiger partial charge in [-0.05, 0) is 6.92 Å². The summed E-state index contributed by atoms with van der Waals surface area (Å²) in [5.74, 6) is 0. The van der Waals surface area contributed by atoms with E-state index >= 15 is 0 Å². The van der Waals surface area contributed by atoms with E-state index < -0.39 is 0 Å². The van der Waals surface area contributed by atoms with Crippen molar-refractivity contribution in [1.29, 1.82) is 0 Å². The van der Waals surface area contributed by atoms with Crippen LogP contribution in [0.5, 0.6) is 0 Å². The molecule has 1 nitrogen and oxygen atoms in total. The maximum Gasteiger partial charge on any atom is 0.363 e. The van der Waals surface area contributed by atoms with Crippen LogP contribution < -0.4 is 0 Å². The molecular formula is C6H16MgO. The summed E-state index contributed by atoms with van der Waals surface area (Å²) in [4.78, 5) is 0. The van der Waals surface area contributed by atoms with E-state index in [0.29, 0.717) is 20.4 Å². The Hall–Kier alpha value is 0.726. The summed E-state index contributed by atoms with van der Waals surface area (Å²) in [6.07, 6.45) is 0. The summed E-state index contributed by atoms with van der Waals surface area (Å²) in [5.41, 5.74) is 0. The Bertz CT molecular complexity index is 29.7. The molecule has 48 valence electrons. The smallest absolute Gasteiger partial charge is 0.363 e. The molecule has 0 aromatic carbocycles. The first kappa shape index (κ1) is 11.5. The van der Waals surface area contributed by atoms with Crippen LogP contribution in [0.4, 0.5) is 0 Å². The van der Waals surface area contributed by atoms with Gasteiger partial charge in [-0.2, -0.15) is 5.05 Å². The molecule has 0 spiro atoms. The molecule has 0 aliphatic carbocycles. The Kier molecular flexibility index (Phi) is 15.3. The third-order valence-electron chi connectivity index (χ3n) is 0.816. The molecule has 0 saturated carbocycles.